The Hall–Kier alpha value is -1.81. The highest BCUT2D eigenvalue weighted by atomic mass is 32.1. The molecule has 1 spiro atoms. The molecule has 148 valence electrons. The summed E-state index contributed by atoms with van der Waals surface area (Å²) in [4.78, 5) is 14.6. The minimum absolute atomic E-state index is 0.119. The molecule has 1 aliphatic heterocycles. The third-order valence-corrected chi connectivity index (χ3v) is 8.11. The molecular weight excluding hydrogens is 366 g/mol. The van der Waals surface area contributed by atoms with Gasteiger partial charge in [0.1, 0.15) is 6.61 Å². The lowest BCUT2D eigenvalue weighted by Crippen LogP contribution is -2.40. The maximum Gasteiger partial charge on any atom is 0.407 e. The minimum Gasteiger partial charge on any atom is -0.447 e. The molecule has 2 atom stereocenters. The first-order valence-corrected chi connectivity index (χ1v) is 11.7. The topological polar surface area (TPSA) is 38.3 Å². The van der Waals surface area contributed by atoms with Gasteiger partial charge in [0.25, 0.3) is 0 Å². The lowest BCUT2D eigenvalue weighted by Gasteiger charge is -2.22. The first kappa shape index (κ1) is 18.2. The SMILES string of the molecule is CCCCCc1cc2c(s1)CCc1cc([C@H]3CC[C@]4(COC(=O)N4)C3)ccc1-2. The van der Waals surface area contributed by atoms with Crippen molar-refractivity contribution in [3.63, 3.8) is 0 Å². The van der Waals surface area contributed by atoms with Crippen LogP contribution in [0.25, 0.3) is 11.1 Å². The summed E-state index contributed by atoms with van der Waals surface area (Å²) in [6.45, 7) is 2.81. The monoisotopic (exact) mass is 395 g/mol. The number of benzene rings is 1. The molecule has 1 saturated carbocycles. The predicted molar refractivity (Wildman–Crippen MR) is 114 cm³/mol. The van der Waals surface area contributed by atoms with E-state index in [-0.39, 0.29) is 11.6 Å². The Morgan fingerprint density at radius 2 is 2.14 bits per heavy atom. The van der Waals surface area contributed by atoms with E-state index in [1.54, 1.807) is 9.75 Å². The second-order valence-electron chi connectivity index (χ2n) is 8.84. The van der Waals surface area contributed by atoms with Crippen molar-refractivity contribution in [2.24, 2.45) is 0 Å². The zero-order chi connectivity index (χ0) is 19.1. The fourth-order valence-corrected chi connectivity index (χ4v) is 6.53. The van der Waals surface area contributed by atoms with E-state index in [9.17, 15) is 4.79 Å². The highest BCUT2D eigenvalue weighted by molar-refractivity contribution is 7.12. The van der Waals surface area contributed by atoms with E-state index < -0.39 is 0 Å². The van der Waals surface area contributed by atoms with Crippen molar-refractivity contribution in [3.8, 4) is 11.1 Å². The first-order valence-electron chi connectivity index (χ1n) is 10.9. The average Bonchev–Trinajstić information content (AvgIpc) is 3.40. The molecule has 0 unspecified atom stereocenters. The van der Waals surface area contributed by atoms with Crippen molar-refractivity contribution in [3.05, 3.63) is 45.1 Å². The van der Waals surface area contributed by atoms with Gasteiger partial charge in [0.2, 0.25) is 0 Å². The number of ether oxygens (including phenoxy) is 1. The first-order chi connectivity index (χ1) is 13.7. The van der Waals surface area contributed by atoms with E-state index in [1.165, 1.54) is 54.4 Å². The van der Waals surface area contributed by atoms with Gasteiger partial charge in [-0.3, -0.25) is 0 Å². The Bertz CT molecular complexity index is 902. The molecule has 3 aliphatic rings. The van der Waals surface area contributed by atoms with Crippen LogP contribution in [0.3, 0.4) is 0 Å². The summed E-state index contributed by atoms with van der Waals surface area (Å²) in [5.41, 5.74) is 5.78. The molecule has 1 aromatic carbocycles. The molecule has 5 rings (SSSR count). The van der Waals surface area contributed by atoms with Gasteiger partial charge in [-0.2, -0.15) is 0 Å². The number of cyclic esters (lactones) is 1. The number of carbonyl (C=O) groups is 1. The predicted octanol–water partition coefficient (Wildman–Crippen LogP) is 5.99. The van der Waals surface area contributed by atoms with Gasteiger partial charge in [0, 0.05) is 9.75 Å². The van der Waals surface area contributed by atoms with Crippen molar-refractivity contribution < 1.29 is 9.53 Å². The summed E-state index contributed by atoms with van der Waals surface area (Å²) in [6.07, 6.45) is 10.4. The summed E-state index contributed by atoms with van der Waals surface area (Å²) in [6, 6.07) is 9.61. The van der Waals surface area contributed by atoms with Crippen molar-refractivity contribution >= 4 is 17.4 Å². The highest BCUT2D eigenvalue weighted by Crippen LogP contribution is 2.45. The normalized spacial score (nSPS) is 25.5. The number of hydrogen-bond donors (Lipinski definition) is 1. The molecule has 0 radical (unpaired) electrons. The van der Waals surface area contributed by atoms with Crippen LogP contribution in [0.2, 0.25) is 0 Å². The summed E-state index contributed by atoms with van der Waals surface area (Å²) in [7, 11) is 0. The molecule has 4 heteroatoms. The molecule has 2 aromatic rings. The summed E-state index contributed by atoms with van der Waals surface area (Å²) in [5.74, 6) is 0.528. The fraction of sp³-hybridized carbons (Fsp3) is 0.542. The number of fused-ring (bicyclic) bond motifs is 3. The van der Waals surface area contributed by atoms with Crippen LogP contribution in [-0.2, 0) is 24.0 Å². The number of nitrogens with one attached hydrogen (secondary N) is 1. The Balaban J connectivity index is 1.35. The molecule has 1 saturated heterocycles. The van der Waals surface area contributed by atoms with Crippen LogP contribution in [0.4, 0.5) is 4.79 Å². The fourth-order valence-electron chi connectivity index (χ4n) is 5.30. The molecule has 1 N–H and O–H groups in total. The number of hydrogen-bond acceptors (Lipinski definition) is 3. The Morgan fingerprint density at radius 1 is 1.21 bits per heavy atom. The van der Waals surface area contributed by atoms with Gasteiger partial charge in [-0.05, 0) is 79.2 Å². The highest BCUT2D eigenvalue weighted by Gasteiger charge is 2.46. The molecule has 28 heavy (non-hydrogen) atoms. The molecule has 2 aliphatic carbocycles. The minimum atomic E-state index is -0.245. The van der Waals surface area contributed by atoms with Crippen molar-refractivity contribution in [1.29, 1.82) is 0 Å². The third-order valence-electron chi connectivity index (χ3n) is 6.85. The summed E-state index contributed by atoms with van der Waals surface area (Å²) >= 11 is 2.04. The largest absolute Gasteiger partial charge is 0.447 e. The van der Waals surface area contributed by atoms with Crippen LogP contribution in [-0.4, -0.2) is 18.2 Å². The smallest absolute Gasteiger partial charge is 0.407 e. The number of thiophene rings is 1. The second kappa shape index (κ2) is 7.22. The van der Waals surface area contributed by atoms with Crippen LogP contribution in [0, 0.1) is 0 Å². The van der Waals surface area contributed by atoms with E-state index >= 15 is 0 Å². The van der Waals surface area contributed by atoms with E-state index in [2.05, 4.69) is 36.5 Å². The van der Waals surface area contributed by atoms with E-state index in [4.69, 9.17) is 4.74 Å². The zero-order valence-electron chi connectivity index (χ0n) is 16.7. The van der Waals surface area contributed by atoms with Gasteiger partial charge in [0.15, 0.2) is 0 Å². The van der Waals surface area contributed by atoms with Crippen LogP contribution in [0.15, 0.2) is 24.3 Å². The van der Waals surface area contributed by atoms with Gasteiger partial charge in [-0.1, -0.05) is 38.0 Å². The van der Waals surface area contributed by atoms with Crippen molar-refractivity contribution in [2.75, 3.05) is 6.61 Å². The molecular formula is C24H29NO2S. The van der Waals surface area contributed by atoms with Crippen LogP contribution < -0.4 is 5.32 Å². The number of rotatable bonds is 5. The summed E-state index contributed by atoms with van der Waals surface area (Å²) < 4.78 is 5.19. The van der Waals surface area contributed by atoms with Gasteiger partial charge < -0.3 is 10.1 Å². The van der Waals surface area contributed by atoms with Crippen LogP contribution in [0.5, 0.6) is 0 Å². The standard InChI is InChI=1S/C24H29NO2S/c1-2-3-4-5-19-13-21-20-8-6-16(12-17(20)7-9-22(21)28-19)18-10-11-24(14-18)15-27-23(26)25-24/h6,8,12-13,18H,2-5,7,9-11,14-15H2,1H3,(H,25,26)/t18-,24+/m0/s1. The number of carbonyl (C=O) groups excluding carboxylic acids is 1. The zero-order valence-corrected chi connectivity index (χ0v) is 17.5. The maximum absolute atomic E-state index is 11.5. The van der Waals surface area contributed by atoms with E-state index in [0.717, 1.165) is 25.7 Å². The van der Waals surface area contributed by atoms with E-state index in [1.807, 2.05) is 11.3 Å². The lowest BCUT2D eigenvalue weighted by atomic mass is 9.85. The molecule has 1 amide bonds. The lowest BCUT2D eigenvalue weighted by molar-refractivity contribution is 0.172. The maximum atomic E-state index is 11.5. The average molecular weight is 396 g/mol. The number of alkyl carbamates (subject to hydrolysis) is 1. The Morgan fingerprint density at radius 3 is 2.96 bits per heavy atom. The van der Waals surface area contributed by atoms with Crippen molar-refractivity contribution in [1.82, 2.24) is 5.32 Å². The second-order valence-corrected chi connectivity index (χ2v) is 10.1. The van der Waals surface area contributed by atoms with Crippen LogP contribution in [0.1, 0.15) is 72.2 Å². The van der Waals surface area contributed by atoms with Gasteiger partial charge >= 0.3 is 6.09 Å². The number of aryl methyl sites for hydroxylation is 3. The van der Waals surface area contributed by atoms with Crippen molar-refractivity contribution in [2.45, 2.75) is 76.2 Å². The van der Waals surface area contributed by atoms with Gasteiger partial charge in [-0.25, -0.2) is 4.79 Å². The number of unbranched alkanes of at least 4 members (excludes halogenated alkanes) is 2. The quantitative estimate of drug-likeness (QED) is 0.631. The molecule has 0 bridgehead atoms. The molecule has 2 fully saturated rings. The van der Waals surface area contributed by atoms with Gasteiger partial charge in [0.05, 0.1) is 5.54 Å². The Labute approximate surface area is 171 Å². The Kier molecular flexibility index (Phi) is 4.70. The molecule has 1 aromatic heterocycles. The van der Waals surface area contributed by atoms with Gasteiger partial charge in [-0.15, -0.1) is 11.3 Å². The number of amides is 1. The van der Waals surface area contributed by atoms with E-state index in [0.29, 0.717) is 12.5 Å². The molecule has 3 nitrogen and oxygen atoms in total. The summed E-state index contributed by atoms with van der Waals surface area (Å²) in [5, 5.41) is 3.07. The molecule has 2 heterocycles. The van der Waals surface area contributed by atoms with Crippen LogP contribution >= 0.6 is 11.3 Å². The third kappa shape index (κ3) is 3.26.